The quantitative estimate of drug-likeness (QED) is 0.513. The summed E-state index contributed by atoms with van der Waals surface area (Å²) in [6.45, 7) is 0. The van der Waals surface area contributed by atoms with Crippen molar-refractivity contribution in [2.75, 3.05) is 0 Å². The summed E-state index contributed by atoms with van der Waals surface area (Å²) in [4.78, 5) is 11.0. The van der Waals surface area contributed by atoms with Gasteiger partial charge in [-0.1, -0.05) is 0 Å². The molecule has 2 nitrogen and oxygen atoms in total. The first-order valence-corrected chi connectivity index (χ1v) is 3.47. The lowest BCUT2D eigenvalue weighted by Crippen LogP contribution is -2.19. The minimum Gasteiger partial charge on any atom is -0.392 e. The summed E-state index contributed by atoms with van der Waals surface area (Å²) in [5.41, 5.74) is -0.222. The molecule has 0 bridgehead atoms. The molecule has 0 unspecified atom stereocenters. The summed E-state index contributed by atoms with van der Waals surface area (Å²) in [6, 6.07) is 0. The largest absolute Gasteiger partial charge is 0.392 e. The molecule has 0 aliphatic heterocycles. The molecule has 1 spiro atoms. The Hall–Kier alpha value is -0.370. The van der Waals surface area contributed by atoms with Crippen molar-refractivity contribution in [2.24, 2.45) is 5.41 Å². The fourth-order valence-electron chi connectivity index (χ4n) is 1.73. The van der Waals surface area contributed by atoms with E-state index in [1.54, 1.807) is 0 Å². The van der Waals surface area contributed by atoms with Gasteiger partial charge in [-0.05, 0) is 19.3 Å². The highest BCUT2D eigenvalue weighted by molar-refractivity contribution is 5.90. The van der Waals surface area contributed by atoms with Crippen LogP contribution in [0.3, 0.4) is 0 Å². The number of hydrogen-bond acceptors (Lipinski definition) is 2. The number of carbonyl (C=O) groups excluding carboxylic acids is 1. The average molecular weight is 126 g/mol. The minimum absolute atomic E-state index is 0.222. The lowest BCUT2D eigenvalue weighted by molar-refractivity contribution is -0.123. The van der Waals surface area contributed by atoms with E-state index < -0.39 is 0 Å². The fourth-order valence-corrected chi connectivity index (χ4v) is 1.73. The van der Waals surface area contributed by atoms with Gasteiger partial charge in [-0.15, -0.1) is 0 Å². The number of Topliss-reactive ketones (excluding diaryl/α,β-unsaturated/α-hetero) is 1. The summed E-state index contributed by atoms with van der Waals surface area (Å²) in [5, 5.41) is 9.27. The maximum absolute atomic E-state index is 11.0. The first-order valence-electron chi connectivity index (χ1n) is 3.47. The molecule has 2 fully saturated rings. The molecule has 2 aliphatic carbocycles. The number of carbonyl (C=O) groups is 1. The van der Waals surface area contributed by atoms with Gasteiger partial charge in [-0.25, -0.2) is 0 Å². The highest BCUT2D eigenvalue weighted by atomic mass is 16.3. The normalized spacial score (nSPS) is 37.9. The van der Waals surface area contributed by atoms with Crippen molar-refractivity contribution in [3.05, 3.63) is 0 Å². The van der Waals surface area contributed by atoms with Crippen LogP contribution in [0, 0.1) is 5.41 Å². The van der Waals surface area contributed by atoms with Crippen molar-refractivity contribution in [3.8, 4) is 0 Å². The van der Waals surface area contributed by atoms with E-state index in [1.807, 2.05) is 0 Å². The molecule has 2 heteroatoms. The van der Waals surface area contributed by atoms with Gasteiger partial charge in [0, 0.05) is 6.42 Å². The van der Waals surface area contributed by atoms with Gasteiger partial charge in [0.05, 0.1) is 11.5 Å². The second-order valence-electron chi connectivity index (χ2n) is 3.13. The second kappa shape index (κ2) is 1.37. The van der Waals surface area contributed by atoms with Crippen molar-refractivity contribution in [3.63, 3.8) is 0 Å². The number of aliphatic hydroxyl groups is 1. The van der Waals surface area contributed by atoms with Crippen LogP contribution < -0.4 is 0 Å². The first-order chi connectivity index (χ1) is 4.26. The number of rotatable bonds is 0. The van der Waals surface area contributed by atoms with E-state index in [2.05, 4.69) is 0 Å². The Labute approximate surface area is 53.9 Å². The molecule has 0 aromatic rings. The summed E-state index contributed by atoms with van der Waals surface area (Å²) in [5.74, 6) is 0.301. The Kier molecular flexibility index (Phi) is 0.826. The van der Waals surface area contributed by atoms with Crippen LogP contribution in [0.15, 0.2) is 0 Å². The van der Waals surface area contributed by atoms with Crippen LogP contribution in [0.2, 0.25) is 0 Å². The standard InChI is InChI=1S/C7H10O2/c8-5-1-2-6(9)7(5)3-4-7/h5,8H,1-4H2/t5-/m0/s1. The van der Waals surface area contributed by atoms with Crippen LogP contribution in [0.25, 0.3) is 0 Å². The van der Waals surface area contributed by atoms with Gasteiger partial charge in [0.15, 0.2) is 0 Å². The van der Waals surface area contributed by atoms with E-state index in [0.29, 0.717) is 18.6 Å². The van der Waals surface area contributed by atoms with Crippen LogP contribution in [-0.4, -0.2) is 17.0 Å². The Bertz CT molecular complexity index is 158. The van der Waals surface area contributed by atoms with Gasteiger partial charge in [0.25, 0.3) is 0 Å². The fraction of sp³-hybridized carbons (Fsp3) is 0.857. The van der Waals surface area contributed by atoms with Crippen molar-refractivity contribution in [1.29, 1.82) is 0 Å². The van der Waals surface area contributed by atoms with Crippen molar-refractivity contribution in [1.82, 2.24) is 0 Å². The lowest BCUT2D eigenvalue weighted by atomic mass is 10.0. The highest BCUT2D eigenvalue weighted by Crippen LogP contribution is 2.55. The molecule has 0 amide bonds. The number of hydrogen-bond donors (Lipinski definition) is 1. The maximum Gasteiger partial charge on any atom is 0.141 e. The van der Waals surface area contributed by atoms with Crippen molar-refractivity contribution >= 4 is 5.78 Å². The lowest BCUT2D eigenvalue weighted by Gasteiger charge is -2.07. The Balaban J connectivity index is 2.26. The van der Waals surface area contributed by atoms with Gasteiger partial charge in [0.2, 0.25) is 0 Å². The summed E-state index contributed by atoms with van der Waals surface area (Å²) in [6.07, 6.45) is 2.89. The van der Waals surface area contributed by atoms with E-state index in [4.69, 9.17) is 0 Å². The van der Waals surface area contributed by atoms with Gasteiger partial charge < -0.3 is 5.11 Å². The first kappa shape index (κ1) is 5.42. The SMILES string of the molecule is O=C1CC[C@H](O)C12CC2. The molecular weight excluding hydrogens is 116 g/mol. The monoisotopic (exact) mass is 126 g/mol. The Morgan fingerprint density at radius 3 is 2.44 bits per heavy atom. The van der Waals surface area contributed by atoms with E-state index in [9.17, 15) is 9.90 Å². The number of ketones is 1. The summed E-state index contributed by atoms with van der Waals surface area (Å²) in [7, 11) is 0. The summed E-state index contributed by atoms with van der Waals surface area (Å²) < 4.78 is 0. The van der Waals surface area contributed by atoms with Crippen LogP contribution in [-0.2, 0) is 4.79 Å². The predicted octanol–water partition coefficient (Wildman–Crippen LogP) is 0.490. The minimum atomic E-state index is -0.301. The maximum atomic E-state index is 11.0. The molecule has 50 valence electrons. The molecular formula is C7H10O2. The van der Waals surface area contributed by atoms with E-state index in [0.717, 1.165) is 12.8 Å². The average Bonchev–Trinajstić information content (AvgIpc) is 2.56. The van der Waals surface area contributed by atoms with Crippen LogP contribution in [0.1, 0.15) is 25.7 Å². The van der Waals surface area contributed by atoms with Crippen molar-refractivity contribution < 1.29 is 9.90 Å². The van der Waals surface area contributed by atoms with Crippen molar-refractivity contribution in [2.45, 2.75) is 31.8 Å². The van der Waals surface area contributed by atoms with Gasteiger partial charge >= 0.3 is 0 Å². The molecule has 0 aromatic heterocycles. The Morgan fingerprint density at radius 1 is 1.56 bits per heavy atom. The third-order valence-electron chi connectivity index (χ3n) is 2.63. The predicted molar refractivity (Wildman–Crippen MR) is 31.9 cm³/mol. The molecule has 9 heavy (non-hydrogen) atoms. The van der Waals surface area contributed by atoms with Crippen LogP contribution in [0.5, 0.6) is 0 Å². The summed E-state index contributed by atoms with van der Waals surface area (Å²) >= 11 is 0. The third kappa shape index (κ3) is 0.517. The molecule has 0 saturated heterocycles. The zero-order chi connectivity index (χ0) is 6.48. The second-order valence-corrected chi connectivity index (χ2v) is 3.13. The zero-order valence-electron chi connectivity index (χ0n) is 5.26. The molecule has 1 atom stereocenters. The molecule has 1 N–H and O–H groups in total. The third-order valence-corrected chi connectivity index (χ3v) is 2.63. The molecule has 0 aromatic carbocycles. The van der Waals surface area contributed by atoms with E-state index in [1.165, 1.54) is 0 Å². The molecule has 2 aliphatic rings. The van der Waals surface area contributed by atoms with Gasteiger partial charge in [0.1, 0.15) is 5.78 Å². The number of aliphatic hydroxyl groups excluding tert-OH is 1. The zero-order valence-corrected chi connectivity index (χ0v) is 5.26. The topological polar surface area (TPSA) is 37.3 Å². The molecule has 2 saturated carbocycles. The molecule has 0 heterocycles. The van der Waals surface area contributed by atoms with E-state index in [-0.39, 0.29) is 11.5 Å². The van der Waals surface area contributed by atoms with Crippen LogP contribution >= 0.6 is 0 Å². The smallest absolute Gasteiger partial charge is 0.141 e. The van der Waals surface area contributed by atoms with Gasteiger partial charge in [-0.2, -0.15) is 0 Å². The van der Waals surface area contributed by atoms with Gasteiger partial charge in [-0.3, -0.25) is 4.79 Å². The molecule has 2 rings (SSSR count). The van der Waals surface area contributed by atoms with E-state index >= 15 is 0 Å². The highest BCUT2D eigenvalue weighted by Gasteiger charge is 2.57. The Morgan fingerprint density at radius 2 is 2.22 bits per heavy atom. The van der Waals surface area contributed by atoms with Crippen LogP contribution in [0.4, 0.5) is 0 Å². The molecule has 0 radical (unpaired) electrons.